The van der Waals surface area contributed by atoms with E-state index in [9.17, 15) is 0 Å². The third kappa shape index (κ3) is 5.70. The largest absolute Gasteiger partial charge is 0.496 e. The van der Waals surface area contributed by atoms with Crippen molar-refractivity contribution in [3.8, 4) is 11.5 Å². The molecule has 0 bridgehead atoms. The fourth-order valence-corrected chi connectivity index (χ4v) is 4.24. The van der Waals surface area contributed by atoms with Gasteiger partial charge in [-0.1, -0.05) is 35.9 Å². The van der Waals surface area contributed by atoms with Crippen molar-refractivity contribution < 1.29 is 14.2 Å². The molecular formula is C25H35N3O3. The van der Waals surface area contributed by atoms with Gasteiger partial charge >= 0.3 is 0 Å². The predicted molar refractivity (Wildman–Crippen MR) is 126 cm³/mol. The van der Waals surface area contributed by atoms with Crippen LogP contribution in [0.25, 0.3) is 0 Å². The third-order valence-corrected chi connectivity index (χ3v) is 6.07. The van der Waals surface area contributed by atoms with Gasteiger partial charge in [-0.05, 0) is 43.9 Å². The first-order valence-electron chi connectivity index (χ1n) is 10.9. The zero-order valence-electron chi connectivity index (χ0n) is 19.2. The highest BCUT2D eigenvalue weighted by atomic mass is 16.5. The van der Waals surface area contributed by atoms with E-state index in [1.807, 2.05) is 25.2 Å². The maximum absolute atomic E-state index is 5.72. The molecule has 0 aromatic heterocycles. The summed E-state index contributed by atoms with van der Waals surface area (Å²) in [7, 11) is 5.26. The van der Waals surface area contributed by atoms with E-state index in [1.165, 1.54) is 16.7 Å². The van der Waals surface area contributed by atoms with Gasteiger partial charge in [-0.15, -0.1) is 0 Å². The van der Waals surface area contributed by atoms with E-state index in [0.717, 1.165) is 63.0 Å². The van der Waals surface area contributed by atoms with E-state index in [1.54, 1.807) is 14.2 Å². The molecule has 2 aromatic rings. The van der Waals surface area contributed by atoms with Crippen LogP contribution >= 0.6 is 0 Å². The van der Waals surface area contributed by atoms with E-state index < -0.39 is 0 Å². The first kappa shape index (κ1) is 22.9. The number of nitrogens with zero attached hydrogens (tertiary/aromatic N) is 1. The van der Waals surface area contributed by atoms with Gasteiger partial charge in [0, 0.05) is 44.3 Å². The van der Waals surface area contributed by atoms with Gasteiger partial charge in [0.25, 0.3) is 0 Å². The van der Waals surface area contributed by atoms with Crippen LogP contribution in [0.15, 0.2) is 47.5 Å². The highest BCUT2D eigenvalue weighted by Crippen LogP contribution is 2.40. The Bertz CT molecular complexity index is 876. The van der Waals surface area contributed by atoms with Gasteiger partial charge in [0.1, 0.15) is 11.5 Å². The minimum absolute atomic E-state index is 0.0596. The number of para-hydroxylation sites is 1. The number of nitrogens with one attached hydrogen (secondary N) is 2. The van der Waals surface area contributed by atoms with Crippen molar-refractivity contribution in [2.45, 2.75) is 31.6 Å². The summed E-state index contributed by atoms with van der Waals surface area (Å²) in [5.41, 5.74) is 3.60. The second-order valence-corrected chi connectivity index (χ2v) is 8.01. The van der Waals surface area contributed by atoms with Gasteiger partial charge in [0.15, 0.2) is 5.96 Å². The zero-order chi connectivity index (χ0) is 22.1. The molecule has 1 fully saturated rings. The Labute approximate surface area is 186 Å². The number of aliphatic imine (C=N–C) groups is 1. The van der Waals surface area contributed by atoms with E-state index in [4.69, 9.17) is 14.2 Å². The quantitative estimate of drug-likeness (QED) is 0.501. The molecule has 0 radical (unpaired) electrons. The number of guanidine groups is 1. The molecule has 2 aromatic carbocycles. The Kier molecular flexibility index (Phi) is 8.18. The summed E-state index contributed by atoms with van der Waals surface area (Å²) in [6.45, 7) is 5.16. The number of hydrogen-bond acceptors (Lipinski definition) is 4. The van der Waals surface area contributed by atoms with E-state index >= 15 is 0 Å². The molecule has 168 valence electrons. The fourth-order valence-electron chi connectivity index (χ4n) is 4.24. The molecule has 1 heterocycles. The van der Waals surface area contributed by atoms with Gasteiger partial charge < -0.3 is 24.8 Å². The van der Waals surface area contributed by atoms with Crippen molar-refractivity contribution in [2.75, 3.05) is 47.6 Å². The van der Waals surface area contributed by atoms with Gasteiger partial charge in [-0.2, -0.15) is 0 Å². The highest BCUT2D eigenvalue weighted by molar-refractivity contribution is 5.79. The smallest absolute Gasteiger partial charge is 0.191 e. The predicted octanol–water partition coefficient (Wildman–Crippen LogP) is 3.47. The number of methoxy groups -OCH3 is 2. The van der Waals surface area contributed by atoms with E-state index in [-0.39, 0.29) is 5.41 Å². The van der Waals surface area contributed by atoms with Crippen LogP contribution in [0.2, 0.25) is 0 Å². The number of hydrogen-bond donors (Lipinski definition) is 2. The average Bonchev–Trinajstić information content (AvgIpc) is 2.82. The monoisotopic (exact) mass is 425 g/mol. The Morgan fingerprint density at radius 3 is 2.48 bits per heavy atom. The molecule has 0 atom stereocenters. The van der Waals surface area contributed by atoms with E-state index in [0.29, 0.717) is 0 Å². The molecule has 0 amide bonds. The van der Waals surface area contributed by atoms with Crippen molar-refractivity contribution in [3.05, 3.63) is 59.2 Å². The SMILES string of the molecule is CN=C(NCCc1ccccc1OC)NCC1(c2cc(C)ccc2OC)CCOCC1. The van der Waals surface area contributed by atoms with Crippen LogP contribution in [0.5, 0.6) is 11.5 Å². The lowest BCUT2D eigenvalue weighted by atomic mass is 9.73. The van der Waals surface area contributed by atoms with Crippen LogP contribution in [0.4, 0.5) is 0 Å². The van der Waals surface area contributed by atoms with Crippen LogP contribution in [-0.4, -0.2) is 53.5 Å². The van der Waals surface area contributed by atoms with Crippen LogP contribution in [0.1, 0.15) is 29.5 Å². The molecule has 1 saturated heterocycles. The molecule has 1 aliphatic heterocycles. The summed E-state index contributed by atoms with van der Waals surface area (Å²) in [5.74, 6) is 2.65. The maximum atomic E-state index is 5.72. The number of rotatable bonds is 8. The maximum Gasteiger partial charge on any atom is 0.191 e. The number of ether oxygens (including phenoxy) is 3. The van der Waals surface area contributed by atoms with Gasteiger partial charge in [-0.3, -0.25) is 4.99 Å². The Morgan fingerprint density at radius 1 is 1.03 bits per heavy atom. The molecular weight excluding hydrogens is 390 g/mol. The first-order chi connectivity index (χ1) is 15.1. The summed E-state index contributed by atoms with van der Waals surface area (Å²) in [5, 5.41) is 7.00. The molecule has 1 aliphatic rings. The summed E-state index contributed by atoms with van der Waals surface area (Å²) >= 11 is 0. The minimum Gasteiger partial charge on any atom is -0.496 e. The van der Waals surface area contributed by atoms with Gasteiger partial charge in [0.05, 0.1) is 14.2 Å². The molecule has 2 N–H and O–H groups in total. The first-order valence-corrected chi connectivity index (χ1v) is 10.9. The summed E-state index contributed by atoms with van der Waals surface area (Å²) in [4.78, 5) is 4.43. The van der Waals surface area contributed by atoms with Crippen LogP contribution in [0.3, 0.4) is 0 Å². The second-order valence-electron chi connectivity index (χ2n) is 8.01. The van der Waals surface area contributed by atoms with E-state index in [2.05, 4.69) is 46.8 Å². The normalized spacial score (nSPS) is 15.9. The Morgan fingerprint density at radius 2 is 1.77 bits per heavy atom. The molecule has 0 aliphatic carbocycles. The summed E-state index contributed by atoms with van der Waals surface area (Å²) < 4.78 is 16.9. The topological polar surface area (TPSA) is 64.1 Å². The van der Waals surface area contributed by atoms with Crippen LogP contribution < -0.4 is 20.1 Å². The summed E-state index contributed by atoms with van der Waals surface area (Å²) in [6, 6.07) is 14.5. The lowest BCUT2D eigenvalue weighted by molar-refractivity contribution is 0.0505. The third-order valence-electron chi connectivity index (χ3n) is 6.07. The van der Waals surface area contributed by atoms with Gasteiger partial charge in [-0.25, -0.2) is 0 Å². The standard InChI is InChI=1S/C25H35N3O3/c1-19-9-10-23(30-4)21(17-19)25(12-15-31-16-13-25)18-28-24(26-2)27-14-11-20-7-5-6-8-22(20)29-3/h5-10,17H,11-16,18H2,1-4H3,(H2,26,27,28). The molecule has 31 heavy (non-hydrogen) atoms. The van der Waals surface area contributed by atoms with Crippen LogP contribution in [-0.2, 0) is 16.6 Å². The Balaban J connectivity index is 1.67. The molecule has 3 rings (SSSR count). The van der Waals surface area contributed by atoms with Crippen molar-refractivity contribution >= 4 is 5.96 Å². The van der Waals surface area contributed by atoms with Crippen LogP contribution in [0, 0.1) is 6.92 Å². The minimum atomic E-state index is -0.0596. The molecule has 0 saturated carbocycles. The van der Waals surface area contributed by atoms with Gasteiger partial charge in [0.2, 0.25) is 0 Å². The van der Waals surface area contributed by atoms with Crippen molar-refractivity contribution in [2.24, 2.45) is 4.99 Å². The molecule has 0 unspecified atom stereocenters. The van der Waals surface area contributed by atoms with Crippen molar-refractivity contribution in [1.82, 2.24) is 10.6 Å². The zero-order valence-corrected chi connectivity index (χ0v) is 19.2. The lowest BCUT2D eigenvalue weighted by Gasteiger charge is -2.39. The number of aryl methyl sites for hydroxylation is 1. The molecule has 6 nitrogen and oxygen atoms in total. The highest BCUT2D eigenvalue weighted by Gasteiger charge is 2.37. The molecule has 6 heteroatoms. The van der Waals surface area contributed by atoms with Crippen molar-refractivity contribution in [3.63, 3.8) is 0 Å². The second kappa shape index (κ2) is 11.0. The van der Waals surface area contributed by atoms with Crippen molar-refractivity contribution in [1.29, 1.82) is 0 Å². The number of benzene rings is 2. The fraction of sp³-hybridized carbons (Fsp3) is 0.480. The summed E-state index contributed by atoms with van der Waals surface area (Å²) in [6.07, 6.45) is 2.74. The average molecular weight is 426 g/mol. The molecule has 0 spiro atoms. The lowest BCUT2D eigenvalue weighted by Crippen LogP contribution is -2.48. The Hall–Kier alpha value is -2.73.